The summed E-state index contributed by atoms with van der Waals surface area (Å²) in [5.74, 6) is -0.463. The summed E-state index contributed by atoms with van der Waals surface area (Å²) >= 11 is 1.37. The second-order valence-electron chi connectivity index (χ2n) is 6.52. The van der Waals surface area contributed by atoms with Gasteiger partial charge in [-0.3, -0.25) is 14.3 Å². The molecule has 150 valence electrons. The maximum absolute atomic E-state index is 12.5. The van der Waals surface area contributed by atoms with Crippen molar-refractivity contribution in [1.82, 2.24) is 20.4 Å². The number of rotatable bonds is 6. The molecule has 7 nitrogen and oxygen atoms in total. The lowest BCUT2D eigenvalue weighted by atomic mass is 10.1. The molecule has 0 saturated carbocycles. The van der Waals surface area contributed by atoms with Crippen molar-refractivity contribution in [2.75, 3.05) is 12.3 Å². The summed E-state index contributed by atoms with van der Waals surface area (Å²) < 4.78 is 1.76. The van der Waals surface area contributed by atoms with Gasteiger partial charge in [-0.05, 0) is 44.0 Å². The fraction of sp³-hybridized carbons (Fsp3) is 0.316. The highest BCUT2D eigenvalue weighted by Gasteiger charge is 2.19. The smallest absolute Gasteiger partial charge is 0.262 e. The van der Waals surface area contributed by atoms with Gasteiger partial charge in [0.05, 0.1) is 10.6 Å². The van der Waals surface area contributed by atoms with Crippen molar-refractivity contribution >= 4 is 51.5 Å². The highest BCUT2D eigenvalue weighted by atomic mass is 35.5. The molecule has 0 aliphatic carbocycles. The van der Waals surface area contributed by atoms with Crippen LogP contribution >= 0.6 is 23.7 Å². The highest BCUT2D eigenvalue weighted by Crippen LogP contribution is 2.27. The molecule has 2 amide bonds. The van der Waals surface area contributed by atoms with E-state index in [-0.39, 0.29) is 24.2 Å². The zero-order valence-electron chi connectivity index (χ0n) is 16.0. The highest BCUT2D eigenvalue weighted by molar-refractivity contribution is 7.20. The van der Waals surface area contributed by atoms with Gasteiger partial charge in [-0.25, -0.2) is 0 Å². The summed E-state index contributed by atoms with van der Waals surface area (Å²) in [6.45, 7) is 4.08. The van der Waals surface area contributed by atoms with E-state index in [1.54, 1.807) is 11.6 Å². The predicted molar refractivity (Wildman–Crippen MR) is 115 cm³/mol. The monoisotopic (exact) mass is 421 g/mol. The van der Waals surface area contributed by atoms with Gasteiger partial charge in [-0.1, -0.05) is 12.1 Å². The Morgan fingerprint density at radius 2 is 1.96 bits per heavy atom. The van der Waals surface area contributed by atoms with Gasteiger partial charge in [-0.15, -0.1) is 23.7 Å². The quantitative estimate of drug-likeness (QED) is 0.532. The van der Waals surface area contributed by atoms with Gasteiger partial charge < -0.3 is 16.4 Å². The summed E-state index contributed by atoms with van der Waals surface area (Å²) in [5, 5.41) is 10.9. The number of hydrogen-bond acceptors (Lipinski definition) is 5. The van der Waals surface area contributed by atoms with Crippen LogP contribution < -0.4 is 16.4 Å². The number of hydrogen-bond donors (Lipinski definition) is 3. The van der Waals surface area contributed by atoms with Crippen LogP contribution in [0, 0.1) is 6.92 Å². The average Bonchev–Trinajstić information content (AvgIpc) is 3.18. The van der Waals surface area contributed by atoms with Gasteiger partial charge in [0.2, 0.25) is 5.91 Å². The third-order valence-electron chi connectivity index (χ3n) is 4.35. The van der Waals surface area contributed by atoms with Crippen LogP contribution in [0.2, 0.25) is 0 Å². The predicted octanol–water partition coefficient (Wildman–Crippen LogP) is 2.42. The maximum Gasteiger partial charge on any atom is 0.262 e. The number of aryl methyl sites for hydroxylation is 2. The van der Waals surface area contributed by atoms with Crippen LogP contribution in [0.3, 0.4) is 0 Å². The van der Waals surface area contributed by atoms with Crippen LogP contribution in [-0.2, 0) is 18.3 Å². The first-order valence-electron chi connectivity index (χ1n) is 8.71. The summed E-state index contributed by atoms with van der Waals surface area (Å²) in [6.07, 6.45) is 0.704. The van der Waals surface area contributed by atoms with E-state index in [9.17, 15) is 9.59 Å². The number of nitrogens with two attached hydrogens (primary N) is 1. The number of nitrogen functional groups attached to an aromatic ring is 1. The second-order valence-corrected chi connectivity index (χ2v) is 7.55. The molecule has 0 saturated heterocycles. The number of halogens is 1. The van der Waals surface area contributed by atoms with E-state index >= 15 is 0 Å². The molecule has 1 unspecified atom stereocenters. The number of nitrogens with zero attached hydrogens (tertiary/aromatic N) is 2. The Balaban J connectivity index is 0.00000280. The molecule has 0 fully saturated rings. The SMILES string of the molecule is Cc1nn(C)c2sc(C(=O)NC(C)C(=O)NCCc3ccc(N)cc3)cc12.Cl. The topological polar surface area (TPSA) is 102 Å². The zero-order chi connectivity index (χ0) is 19.6. The standard InChI is InChI=1S/C19H23N5O2S.ClH/c1-11-15-10-16(27-19(15)24(3)23-11)18(26)22-12(2)17(25)21-9-8-13-4-6-14(20)7-5-13;/h4-7,10,12H,8-9,20H2,1-3H3,(H,21,25)(H,22,26);1H. The Bertz CT molecular complexity index is 946. The van der Waals surface area contributed by atoms with Crippen molar-refractivity contribution in [2.24, 2.45) is 7.05 Å². The van der Waals surface area contributed by atoms with Gasteiger partial charge in [0.15, 0.2) is 0 Å². The summed E-state index contributed by atoms with van der Waals surface area (Å²) in [5.41, 5.74) is 8.35. The van der Waals surface area contributed by atoms with Crippen molar-refractivity contribution in [3.05, 3.63) is 46.5 Å². The number of aromatic nitrogens is 2. The number of fused-ring (bicyclic) bond motifs is 1. The molecular weight excluding hydrogens is 398 g/mol. The molecule has 2 aromatic heterocycles. The molecule has 0 spiro atoms. The molecule has 3 aromatic rings. The van der Waals surface area contributed by atoms with E-state index < -0.39 is 6.04 Å². The summed E-state index contributed by atoms with van der Waals surface area (Å²) in [4.78, 5) is 26.2. The average molecular weight is 422 g/mol. The van der Waals surface area contributed by atoms with Gasteiger partial charge in [0.25, 0.3) is 5.91 Å². The Hall–Kier alpha value is -2.58. The molecule has 1 atom stereocenters. The number of benzene rings is 1. The molecule has 0 aliphatic rings. The maximum atomic E-state index is 12.5. The fourth-order valence-electron chi connectivity index (χ4n) is 2.82. The van der Waals surface area contributed by atoms with Crippen LogP contribution in [0.25, 0.3) is 10.2 Å². The van der Waals surface area contributed by atoms with Crippen LogP contribution in [0.15, 0.2) is 30.3 Å². The van der Waals surface area contributed by atoms with E-state index in [1.165, 1.54) is 11.3 Å². The number of carbonyl (C=O) groups excluding carboxylic acids is 2. The van der Waals surface area contributed by atoms with Gasteiger partial charge >= 0.3 is 0 Å². The normalized spacial score (nSPS) is 11.7. The molecule has 0 aliphatic heterocycles. The van der Waals surface area contributed by atoms with E-state index in [0.717, 1.165) is 21.5 Å². The van der Waals surface area contributed by atoms with Crippen molar-refractivity contribution in [2.45, 2.75) is 26.3 Å². The summed E-state index contributed by atoms with van der Waals surface area (Å²) in [7, 11) is 1.85. The van der Waals surface area contributed by atoms with Crippen molar-refractivity contribution in [3.63, 3.8) is 0 Å². The van der Waals surface area contributed by atoms with E-state index in [0.29, 0.717) is 23.5 Å². The molecule has 28 heavy (non-hydrogen) atoms. The van der Waals surface area contributed by atoms with E-state index in [4.69, 9.17) is 5.73 Å². The first-order chi connectivity index (χ1) is 12.8. The summed E-state index contributed by atoms with van der Waals surface area (Å²) in [6, 6.07) is 8.75. The third kappa shape index (κ3) is 4.82. The Kier molecular flexibility index (Phi) is 7.04. The number of thiophene rings is 1. The second kappa shape index (κ2) is 9.07. The fourth-order valence-corrected chi connectivity index (χ4v) is 3.84. The van der Waals surface area contributed by atoms with Crippen molar-refractivity contribution in [1.29, 1.82) is 0 Å². The minimum Gasteiger partial charge on any atom is -0.399 e. The minimum absolute atomic E-state index is 0. The molecule has 0 bridgehead atoms. The molecule has 9 heteroatoms. The number of nitrogens with one attached hydrogen (secondary N) is 2. The first kappa shape index (κ1) is 21.7. The van der Waals surface area contributed by atoms with E-state index in [1.807, 2.05) is 44.3 Å². The Morgan fingerprint density at radius 3 is 2.61 bits per heavy atom. The lowest BCUT2D eigenvalue weighted by molar-refractivity contribution is -0.122. The number of amides is 2. The van der Waals surface area contributed by atoms with Crippen LogP contribution in [0.4, 0.5) is 5.69 Å². The van der Waals surface area contributed by atoms with Crippen LogP contribution in [0.5, 0.6) is 0 Å². The molecule has 1 aromatic carbocycles. The largest absolute Gasteiger partial charge is 0.399 e. The number of anilines is 1. The Labute approximate surface area is 173 Å². The van der Waals surface area contributed by atoms with Gasteiger partial charge in [-0.2, -0.15) is 5.10 Å². The lowest BCUT2D eigenvalue weighted by Crippen LogP contribution is -2.45. The first-order valence-corrected chi connectivity index (χ1v) is 9.53. The van der Waals surface area contributed by atoms with E-state index in [2.05, 4.69) is 15.7 Å². The van der Waals surface area contributed by atoms with Crippen LogP contribution in [-0.4, -0.2) is 34.2 Å². The third-order valence-corrected chi connectivity index (χ3v) is 5.55. The van der Waals surface area contributed by atoms with Crippen molar-refractivity contribution < 1.29 is 9.59 Å². The van der Waals surface area contributed by atoms with Crippen LogP contribution in [0.1, 0.15) is 27.9 Å². The molecule has 4 N–H and O–H groups in total. The molecule has 3 rings (SSSR count). The zero-order valence-corrected chi connectivity index (χ0v) is 17.6. The van der Waals surface area contributed by atoms with Gasteiger partial charge in [0.1, 0.15) is 10.9 Å². The molecular formula is C19H24ClN5O2S. The van der Waals surface area contributed by atoms with Crippen molar-refractivity contribution in [3.8, 4) is 0 Å². The Morgan fingerprint density at radius 1 is 1.29 bits per heavy atom. The molecule has 2 heterocycles. The minimum atomic E-state index is -0.617. The molecule has 0 radical (unpaired) electrons. The lowest BCUT2D eigenvalue weighted by Gasteiger charge is -2.13. The van der Waals surface area contributed by atoms with Gasteiger partial charge in [0, 0.05) is 24.7 Å². The number of carbonyl (C=O) groups is 2.